The molecule has 2 unspecified atom stereocenters. The largest absolute Gasteiger partial charge is 0.388 e. The maximum absolute atomic E-state index is 13.3. The lowest BCUT2D eigenvalue weighted by molar-refractivity contribution is 0.00827. The molecule has 21 heavy (non-hydrogen) atoms. The van der Waals surface area contributed by atoms with E-state index in [2.05, 4.69) is 10.6 Å². The number of benzene rings is 1. The van der Waals surface area contributed by atoms with Crippen LogP contribution in [0.3, 0.4) is 0 Å². The smallest absolute Gasteiger partial charge is 0.319 e. The van der Waals surface area contributed by atoms with Gasteiger partial charge in [-0.05, 0) is 12.8 Å². The summed E-state index contributed by atoms with van der Waals surface area (Å²) in [5.41, 5.74) is -1.60. The number of carbonyl (C=O) groups is 1. The van der Waals surface area contributed by atoms with Crippen LogP contribution < -0.4 is 10.6 Å². The highest BCUT2D eigenvalue weighted by Crippen LogP contribution is 2.20. The van der Waals surface area contributed by atoms with Gasteiger partial charge in [0.15, 0.2) is 11.6 Å². The minimum absolute atomic E-state index is 0.0564. The lowest BCUT2D eigenvalue weighted by atomic mass is 9.89. The number of amides is 2. The Kier molecular flexibility index (Phi) is 5.60. The quantitative estimate of drug-likeness (QED) is 0.732. The Morgan fingerprint density at radius 3 is 2.43 bits per heavy atom. The van der Waals surface area contributed by atoms with Gasteiger partial charge < -0.3 is 15.7 Å². The highest BCUT2D eigenvalue weighted by atomic mass is 19.2. The first-order chi connectivity index (χ1) is 9.67. The number of carbonyl (C=O) groups excluding carboxylic acids is 1. The molecule has 7 heteroatoms. The molecule has 0 aliphatic carbocycles. The lowest BCUT2D eigenvalue weighted by Crippen LogP contribution is -2.46. The summed E-state index contributed by atoms with van der Waals surface area (Å²) < 4.78 is 39.1. The molecule has 1 aromatic rings. The summed E-state index contributed by atoms with van der Waals surface area (Å²) in [6, 6.07) is 0.0839. The number of aliphatic hydroxyl groups is 1. The second-order valence-electron chi connectivity index (χ2n) is 5.22. The number of nitrogens with one attached hydrogen (secondary N) is 2. The molecule has 0 aliphatic heterocycles. The lowest BCUT2D eigenvalue weighted by Gasteiger charge is -2.29. The highest BCUT2D eigenvalue weighted by Gasteiger charge is 2.27. The molecule has 0 aromatic heterocycles. The SMILES string of the molecule is CCC(C)C(C)(O)CNC(=O)Nc1cc(F)c(F)cc1F. The van der Waals surface area contributed by atoms with Gasteiger partial charge in [0.1, 0.15) is 5.82 Å². The third-order valence-electron chi connectivity index (χ3n) is 3.54. The van der Waals surface area contributed by atoms with E-state index in [1.54, 1.807) is 6.92 Å². The van der Waals surface area contributed by atoms with E-state index in [-0.39, 0.29) is 12.5 Å². The normalized spacial score (nSPS) is 15.2. The number of rotatable bonds is 5. The van der Waals surface area contributed by atoms with E-state index in [0.29, 0.717) is 18.6 Å². The van der Waals surface area contributed by atoms with E-state index in [1.165, 1.54) is 0 Å². The Labute approximate surface area is 121 Å². The molecule has 0 spiro atoms. The van der Waals surface area contributed by atoms with Crippen LogP contribution in [0.4, 0.5) is 23.7 Å². The van der Waals surface area contributed by atoms with E-state index in [4.69, 9.17) is 0 Å². The van der Waals surface area contributed by atoms with Crippen LogP contribution in [0.5, 0.6) is 0 Å². The molecule has 1 aromatic carbocycles. The number of hydrogen-bond acceptors (Lipinski definition) is 2. The van der Waals surface area contributed by atoms with Crippen LogP contribution in [0.15, 0.2) is 12.1 Å². The summed E-state index contributed by atoms with van der Waals surface area (Å²) >= 11 is 0. The van der Waals surface area contributed by atoms with Gasteiger partial charge in [0.05, 0.1) is 11.3 Å². The predicted molar refractivity (Wildman–Crippen MR) is 73.4 cm³/mol. The topological polar surface area (TPSA) is 61.4 Å². The summed E-state index contributed by atoms with van der Waals surface area (Å²) in [4.78, 5) is 11.6. The highest BCUT2D eigenvalue weighted by molar-refractivity contribution is 5.89. The van der Waals surface area contributed by atoms with Crippen molar-refractivity contribution in [3.05, 3.63) is 29.6 Å². The fraction of sp³-hybridized carbons (Fsp3) is 0.500. The van der Waals surface area contributed by atoms with Crippen LogP contribution in [0.1, 0.15) is 27.2 Å². The molecule has 0 heterocycles. The van der Waals surface area contributed by atoms with Crippen LogP contribution in [0.2, 0.25) is 0 Å². The van der Waals surface area contributed by atoms with E-state index in [0.717, 1.165) is 0 Å². The van der Waals surface area contributed by atoms with Crippen molar-refractivity contribution in [2.45, 2.75) is 32.8 Å². The van der Waals surface area contributed by atoms with Gasteiger partial charge >= 0.3 is 6.03 Å². The molecule has 0 fully saturated rings. The summed E-state index contributed by atoms with van der Waals surface area (Å²) in [5.74, 6) is -3.74. The summed E-state index contributed by atoms with van der Waals surface area (Å²) in [6.07, 6.45) is 0.716. The van der Waals surface area contributed by atoms with Crippen molar-refractivity contribution in [3.63, 3.8) is 0 Å². The maximum Gasteiger partial charge on any atom is 0.319 e. The number of anilines is 1. The Balaban J connectivity index is 2.65. The Morgan fingerprint density at radius 2 is 1.86 bits per heavy atom. The van der Waals surface area contributed by atoms with Crippen LogP contribution in [0.25, 0.3) is 0 Å². The zero-order valence-corrected chi connectivity index (χ0v) is 12.1. The van der Waals surface area contributed by atoms with Crippen molar-refractivity contribution < 1.29 is 23.1 Å². The first kappa shape index (κ1) is 17.3. The van der Waals surface area contributed by atoms with E-state index >= 15 is 0 Å². The van der Waals surface area contributed by atoms with Crippen molar-refractivity contribution >= 4 is 11.7 Å². The minimum Gasteiger partial charge on any atom is -0.388 e. The molecule has 0 radical (unpaired) electrons. The third-order valence-corrected chi connectivity index (χ3v) is 3.54. The van der Waals surface area contributed by atoms with E-state index < -0.39 is 34.8 Å². The van der Waals surface area contributed by atoms with Crippen molar-refractivity contribution in [2.75, 3.05) is 11.9 Å². The molecule has 3 N–H and O–H groups in total. The predicted octanol–water partition coefficient (Wildman–Crippen LogP) is 3.02. The molecule has 0 bridgehead atoms. The first-order valence-corrected chi connectivity index (χ1v) is 6.59. The fourth-order valence-electron chi connectivity index (χ4n) is 1.66. The van der Waals surface area contributed by atoms with Crippen molar-refractivity contribution in [1.82, 2.24) is 5.32 Å². The summed E-state index contributed by atoms with van der Waals surface area (Å²) in [6.45, 7) is 5.24. The van der Waals surface area contributed by atoms with Gasteiger partial charge in [-0.3, -0.25) is 0 Å². The number of urea groups is 1. The Bertz CT molecular complexity index is 521. The zero-order chi connectivity index (χ0) is 16.2. The van der Waals surface area contributed by atoms with Crippen LogP contribution in [0, 0.1) is 23.4 Å². The Hall–Kier alpha value is -1.76. The van der Waals surface area contributed by atoms with E-state index in [1.807, 2.05) is 13.8 Å². The van der Waals surface area contributed by atoms with Crippen molar-refractivity contribution in [2.24, 2.45) is 5.92 Å². The van der Waals surface area contributed by atoms with Crippen LogP contribution >= 0.6 is 0 Å². The van der Waals surface area contributed by atoms with Crippen molar-refractivity contribution in [3.8, 4) is 0 Å². The van der Waals surface area contributed by atoms with E-state index in [9.17, 15) is 23.1 Å². The average Bonchev–Trinajstić information content (AvgIpc) is 2.41. The molecule has 2 atom stereocenters. The molecule has 0 aliphatic rings. The van der Waals surface area contributed by atoms with Gasteiger partial charge in [-0.15, -0.1) is 0 Å². The standard InChI is InChI=1S/C14H19F3N2O2/c1-4-8(2)14(3,21)7-18-13(20)19-12-6-10(16)9(15)5-11(12)17/h5-6,8,21H,4,7H2,1-3H3,(H2,18,19,20). The summed E-state index contributed by atoms with van der Waals surface area (Å²) in [5, 5.41) is 14.5. The third kappa shape index (κ3) is 4.63. The molecule has 2 amide bonds. The molecule has 4 nitrogen and oxygen atoms in total. The van der Waals surface area contributed by atoms with Gasteiger partial charge in [0.2, 0.25) is 0 Å². The van der Waals surface area contributed by atoms with Gasteiger partial charge in [0.25, 0.3) is 0 Å². The number of halogens is 3. The molecule has 1 rings (SSSR count). The Morgan fingerprint density at radius 1 is 1.29 bits per heavy atom. The molecule has 0 saturated carbocycles. The van der Waals surface area contributed by atoms with Gasteiger partial charge in [-0.2, -0.15) is 0 Å². The van der Waals surface area contributed by atoms with Crippen molar-refractivity contribution in [1.29, 1.82) is 0 Å². The zero-order valence-electron chi connectivity index (χ0n) is 12.1. The van der Waals surface area contributed by atoms with Gasteiger partial charge in [0, 0.05) is 18.7 Å². The second kappa shape index (κ2) is 6.80. The monoisotopic (exact) mass is 304 g/mol. The molecular formula is C14H19F3N2O2. The summed E-state index contributed by atoms with van der Waals surface area (Å²) in [7, 11) is 0. The second-order valence-corrected chi connectivity index (χ2v) is 5.22. The van der Waals surface area contributed by atoms with Crippen LogP contribution in [-0.2, 0) is 0 Å². The molecule has 0 saturated heterocycles. The van der Waals surface area contributed by atoms with Gasteiger partial charge in [-0.1, -0.05) is 20.3 Å². The van der Waals surface area contributed by atoms with Crippen LogP contribution in [-0.4, -0.2) is 23.3 Å². The number of hydrogen-bond donors (Lipinski definition) is 3. The molecular weight excluding hydrogens is 285 g/mol. The first-order valence-electron chi connectivity index (χ1n) is 6.59. The minimum atomic E-state index is -1.34. The molecule has 118 valence electrons. The average molecular weight is 304 g/mol. The van der Waals surface area contributed by atoms with Gasteiger partial charge in [-0.25, -0.2) is 18.0 Å². The fourth-order valence-corrected chi connectivity index (χ4v) is 1.66. The maximum atomic E-state index is 13.3.